The minimum absolute atomic E-state index is 0.163. The molecule has 1 aliphatic heterocycles. The lowest BCUT2D eigenvalue weighted by atomic mass is 9.99. The summed E-state index contributed by atoms with van der Waals surface area (Å²) in [5.74, 6) is 0.218. The molecule has 2 aromatic rings. The number of carbonyl (C=O) groups excluding carboxylic acids is 1. The highest BCUT2D eigenvalue weighted by Crippen LogP contribution is 2.21. The molecule has 0 saturated carbocycles. The van der Waals surface area contributed by atoms with Crippen LogP contribution < -0.4 is 0 Å². The number of aliphatic hydroxyl groups excluding tert-OH is 1. The van der Waals surface area contributed by atoms with Crippen molar-refractivity contribution in [3.63, 3.8) is 0 Å². The van der Waals surface area contributed by atoms with E-state index in [1.807, 2.05) is 17.0 Å². The predicted molar refractivity (Wildman–Crippen MR) is 87.6 cm³/mol. The zero-order valence-electron chi connectivity index (χ0n) is 12.9. The predicted octanol–water partition coefficient (Wildman–Crippen LogP) is 2.79. The largest absolute Gasteiger partial charge is 0.396 e. The van der Waals surface area contributed by atoms with Crippen molar-refractivity contribution in [3.05, 3.63) is 36.5 Å². The molecule has 0 aliphatic carbocycles. The zero-order chi connectivity index (χ0) is 15.4. The maximum absolute atomic E-state index is 12.5. The Bertz CT molecular complexity index is 633. The number of hydrogen-bond acceptors (Lipinski definition) is 2. The van der Waals surface area contributed by atoms with Gasteiger partial charge >= 0.3 is 0 Å². The Kier molecular flexibility index (Phi) is 4.78. The van der Waals surface area contributed by atoms with E-state index in [4.69, 9.17) is 0 Å². The Hall–Kier alpha value is -1.81. The highest BCUT2D eigenvalue weighted by atomic mass is 16.3. The minimum Gasteiger partial charge on any atom is -0.396 e. The SMILES string of the molecule is O=C(CCn1ccc2ccccc21)N1CCCCC1CCO. The van der Waals surface area contributed by atoms with Gasteiger partial charge in [-0.3, -0.25) is 4.79 Å². The summed E-state index contributed by atoms with van der Waals surface area (Å²) in [5, 5.41) is 10.4. The van der Waals surface area contributed by atoms with Crippen molar-refractivity contribution < 1.29 is 9.90 Å². The van der Waals surface area contributed by atoms with E-state index < -0.39 is 0 Å². The maximum atomic E-state index is 12.5. The molecule has 1 aliphatic rings. The van der Waals surface area contributed by atoms with Crippen LogP contribution in [0.4, 0.5) is 0 Å². The number of amides is 1. The van der Waals surface area contributed by atoms with Gasteiger partial charge in [0.2, 0.25) is 5.91 Å². The fraction of sp³-hybridized carbons (Fsp3) is 0.500. The number of carbonyl (C=O) groups is 1. The van der Waals surface area contributed by atoms with Gasteiger partial charge < -0.3 is 14.6 Å². The molecule has 1 fully saturated rings. The molecule has 1 amide bonds. The summed E-state index contributed by atoms with van der Waals surface area (Å²) >= 11 is 0. The van der Waals surface area contributed by atoms with Crippen molar-refractivity contribution in [3.8, 4) is 0 Å². The lowest BCUT2D eigenvalue weighted by molar-refractivity contribution is -0.135. The van der Waals surface area contributed by atoms with Crippen LogP contribution in [-0.4, -0.2) is 39.7 Å². The number of aliphatic hydroxyl groups is 1. The molecule has 4 nitrogen and oxygen atoms in total. The summed E-state index contributed by atoms with van der Waals surface area (Å²) in [7, 11) is 0. The van der Waals surface area contributed by atoms with Gasteiger partial charge in [-0.15, -0.1) is 0 Å². The second-order valence-corrected chi connectivity index (χ2v) is 6.07. The summed E-state index contributed by atoms with van der Waals surface area (Å²) < 4.78 is 2.15. The highest BCUT2D eigenvalue weighted by molar-refractivity contribution is 5.80. The Balaban J connectivity index is 1.64. The van der Waals surface area contributed by atoms with Crippen LogP contribution in [0.2, 0.25) is 0 Å². The molecule has 0 spiro atoms. The van der Waals surface area contributed by atoms with Crippen molar-refractivity contribution in [2.75, 3.05) is 13.2 Å². The van der Waals surface area contributed by atoms with Gasteiger partial charge in [0.1, 0.15) is 0 Å². The lowest BCUT2D eigenvalue weighted by Gasteiger charge is -2.35. The van der Waals surface area contributed by atoms with E-state index in [2.05, 4.69) is 29.0 Å². The summed E-state index contributed by atoms with van der Waals surface area (Å²) in [4.78, 5) is 14.5. The van der Waals surface area contributed by atoms with Gasteiger partial charge in [0.05, 0.1) is 0 Å². The Morgan fingerprint density at radius 2 is 2.09 bits per heavy atom. The number of benzene rings is 1. The van der Waals surface area contributed by atoms with E-state index in [-0.39, 0.29) is 18.6 Å². The van der Waals surface area contributed by atoms with Gasteiger partial charge in [-0.1, -0.05) is 18.2 Å². The molecule has 1 atom stereocenters. The number of aryl methyl sites for hydroxylation is 1. The molecule has 1 unspecified atom stereocenters. The van der Waals surface area contributed by atoms with E-state index in [1.165, 1.54) is 10.9 Å². The summed E-state index contributed by atoms with van der Waals surface area (Å²) in [6.07, 6.45) is 6.56. The van der Waals surface area contributed by atoms with Crippen LogP contribution in [0.15, 0.2) is 36.5 Å². The van der Waals surface area contributed by atoms with Crippen LogP contribution in [0.25, 0.3) is 10.9 Å². The third-order valence-corrected chi connectivity index (χ3v) is 4.66. The number of hydrogen-bond donors (Lipinski definition) is 1. The number of rotatable bonds is 5. The number of aromatic nitrogens is 1. The quantitative estimate of drug-likeness (QED) is 0.923. The Morgan fingerprint density at radius 3 is 2.95 bits per heavy atom. The van der Waals surface area contributed by atoms with Gasteiger partial charge in [-0.2, -0.15) is 0 Å². The molecule has 118 valence electrons. The third-order valence-electron chi connectivity index (χ3n) is 4.66. The highest BCUT2D eigenvalue weighted by Gasteiger charge is 2.25. The molecule has 0 bridgehead atoms. The third kappa shape index (κ3) is 3.17. The fourth-order valence-electron chi connectivity index (χ4n) is 3.47. The summed E-state index contributed by atoms with van der Waals surface area (Å²) in [6, 6.07) is 10.6. The second kappa shape index (κ2) is 6.97. The van der Waals surface area contributed by atoms with E-state index in [9.17, 15) is 9.90 Å². The van der Waals surface area contributed by atoms with Crippen molar-refractivity contribution in [2.45, 2.75) is 44.7 Å². The molecule has 1 aromatic carbocycles. The monoisotopic (exact) mass is 300 g/mol. The zero-order valence-corrected chi connectivity index (χ0v) is 12.9. The first-order valence-electron chi connectivity index (χ1n) is 8.24. The topological polar surface area (TPSA) is 45.5 Å². The standard InChI is InChI=1S/C18H24N2O2/c21-14-10-16-6-3-4-11-20(16)18(22)9-13-19-12-8-15-5-1-2-7-17(15)19/h1-2,5,7-8,12,16,21H,3-4,6,9-11,13-14H2. The summed E-state index contributed by atoms with van der Waals surface area (Å²) in [5.41, 5.74) is 1.18. The first-order chi connectivity index (χ1) is 10.8. The molecule has 1 N–H and O–H groups in total. The van der Waals surface area contributed by atoms with Crippen molar-refractivity contribution in [1.82, 2.24) is 9.47 Å². The van der Waals surface area contributed by atoms with E-state index in [0.717, 1.165) is 25.8 Å². The van der Waals surface area contributed by atoms with E-state index >= 15 is 0 Å². The van der Waals surface area contributed by atoms with Crippen molar-refractivity contribution >= 4 is 16.8 Å². The van der Waals surface area contributed by atoms with Gasteiger partial charge in [0, 0.05) is 43.9 Å². The van der Waals surface area contributed by atoms with Crippen LogP contribution in [-0.2, 0) is 11.3 Å². The van der Waals surface area contributed by atoms with Crippen LogP contribution >= 0.6 is 0 Å². The molecule has 4 heteroatoms. The normalized spacial score (nSPS) is 18.8. The van der Waals surface area contributed by atoms with Crippen molar-refractivity contribution in [2.24, 2.45) is 0 Å². The number of nitrogens with zero attached hydrogens (tertiary/aromatic N) is 2. The first kappa shape index (κ1) is 15.1. The minimum atomic E-state index is 0.163. The number of piperidine rings is 1. The average Bonchev–Trinajstić information content (AvgIpc) is 2.97. The lowest BCUT2D eigenvalue weighted by Crippen LogP contribution is -2.44. The second-order valence-electron chi connectivity index (χ2n) is 6.07. The number of para-hydroxylation sites is 1. The molecular weight excluding hydrogens is 276 g/mol. The average molecular weight is 300 g/mol. The van der Waals surface area contributed by atoms with Gasteiger partial charge in [0.15, 0.2) is 0 Å². The molecule has 0 radical (unpaired) electrons. The van der Waals surface area contributed by atoms with Crippen LogP contribution in [0.3, 0.4) is 0 Å². The van der Waals surface area contributed by atoms with Crippen LogP contribution in [0, 0.1) is 0 Å². The summed E-state index contributed by atoms with van der Waals surface area (Å²) in [6.45, 7) is 1.72. The van der Waals surface area contributed by atoms with Crippen molar-refractivity contribution in [1.29, 1.82) is 0 Å². The molecule has 3 rings (SSSR count). The van der Waals surface area contributed by atoms with Crippen LogP contribution in [0.1, 0.15) is 32.1 Å². The first-order valence-corrected chi connectivity index (χ1v) is 8.24. The Morgan fingerprint density at radius 1 is 1.23 bits per heavy atom. The van der Waals surface area contributed by atoms with Gasteiger partial charge in [0.25, 0.3) is 0 Å². The fourth-order valence-corrected chi connectivity index (χ4v) is 3.47. The molecular formula is C18H24N2O2. The number of likely N-dealkylation sites (tertiary alicyclic amines) is 1. The van der Waals surface area contributed by atoms with E-state index in [1.54, 1.807) is 0 Å². The molecule has 1 aromatic heterocycles. The molecule has 1 saturated heterocycles. The molecule has 22 heavy (non-hydrogen) atoms. The molecule has 2 heterocycles. The van der Waals surface area contributed by atoms with Crippen LogP contribution in [0.5, 0.6) is 0 Å². The van der Waals surface area contributed by atoms with E-state index in [0.29, 0.717) is 19.4 Å². The van der Waals surface area contributed by atoms with Gasteiger partial charge in [-0.05, 0) is 43.2 Å². The smallest absolute Gasteiger partial charge is 0.224 e. The Labute approximate surface area is 131 Å². The number of fused-ring (bicyclic) bond motifs is 1. The maximum Gasteiger partial charge on any atom is 0.224 e. The van der Waals surface area contributed by atoms with Gasteiger partial charge in [-0.25, -0.2) is 0 Å².